The first-order valence-electron chi connectivity index (χ1n) is 13.5. The second-order valence-electron chi connectivity index (χ2n) is 9.81. The van der Waals surface area contributed by atoms with Crippen LogP contribution < -0.4 is 0 Å². The van der Waals surface area contributed by atoms with Crippen LogP contribution in [0.25, 0.3) is 0 Å². The van der Waals surface area contributed by atoms with Gasteiger partial charge in [-0.05, 0) is 61.3 Å². The minimum Gasteiger partial charge on any atom is -0.478 e. The number of hydrogen-bond acceptors (Lipinski definition) is 2. The Morgan fingerprint density at radius 1 is 0.865 bits per heavy atom. The molecular formula is C30H40F4O2S. The van der Waals surface area contributed by atoms with Crippen LogP contribution in [-0.2, 0) is 0 Å². The summed E-state index contributed by atoms with van der Waals surface area (Å²) in [6.07, 6.45) is 15.7. The van der Waals surface area contributed by atoms with E-state index in [1.165, 1.54) is 69.9 Å². The Bertz CT molecular complexity index is 915. The number of hydrogen-bond donors (Lipinski definition) is 1. The molecule has 7 heteroatoms. The smallest absolute Gasteiger partial charge is 0.335 e. The molecule has 0 aromatic heterocycles. The molecule has 2 nitrogen and oxygen atoms in total. The third-order valence-electron chi connectivity index (χ3n) is 7.07. The molecule has 0 aliphatic heterocycles. The molecule has 2 aromatic carbocycles. The highest BCUT2D eigenvalue weighted by atomic mass is 32.2. The van der Waals surface area contributed by atoms with Crippen molar-refractivity contribution in [1.82, 2.24) is 0 Å². The number of rotatable bonds is 13. The lowest BCUT2D eigenvalue weighted by molar-refractivity contribution is 0.0697. The summed E-state index contributed by atoms with van der Waals surface area (Å²) in [6.45, 7) is 2.24. The molecule has 1 aliphatic rings. The number of alkyl halides is 2. The van der Waals surface area contributed by atoms with Crippen molar-refractivity contribution in [1.29, 1.82) is 0 Å². The number of carboxylic acid groups (broad SMARTS) is 1. The minimum atomic E-state index is -2.74. The highest BCUT2D eigenvalue weighted by molar-refractivity contribution is 7.99. The van der Waals surface area contributed by atoms with E-state index in [0.29, 0.717) is 17.0 Å². The average Bonchev–Trinajstić information content (AvgIpc) is 2.90. The van der Waals surface area contributed by atoms with Crippen LogP contribution >= 0.6 is 11.8 Å². The number of benzene rings is 2. The van der Waals surface area contributed by atoms with E-state index in [4.69, 9.17) is 5.11 Å². The lowest BCUT2D eigenvalue weighted by atomic mass is 9.77. The first-order valence-corrected chi connectivity index (χ1v) is 14.4. The van der Waals surface area contributed by atoms with E-state index in [9.17, 15) is 22.4 Å². The molecule has 37 heavy (non-hydrogen) atoms. The fraction of sp³-hybridized carbons (Fsp3) is 0.567. The number of carboxylic acids is 1. The zero-order chi connectivity index (χ0) is 27.0. The average molecular weight is 541 g/mol. The van der Waals surface area contributed by atoms with Gasteiger partial charge in [0, 0.05) is 0 Å². The van der Waals surface area contributed by atoms with E-state index < -0.39 is 23.4 Å². The van der Waals surface area contributed by atoms with Gasteiger partial charge in [-0.15, -0.1) is 0 Å². The van der Waals surface area contributed by atoms with Crippen LogP contribution in [-0.4, -0.2) is 16.8 Å². The molecule has 1 N–H and O–H groups in total. The zero-order valence-electron chi connectivity index (χ0n) is 21.7. The fourth-order valence-electron chi connectivity index (χ4n) is 4.96. The maximum absolute atomic E-state index is 14.4. The van der Waals surface area contributed by atoms with Crippen molar-refractivity contribution in [3.8, 4) is 0 Å². The quantitative estimate of drug-likeness (QED) is 0.156. The summed E-state index contributed by atoms with van der Waals surface area (Å²) in [5.41, 5.74) is 0.694. The van der Waals surface area contributed by atoms with Gasteiger partial charge in [0.15, 0.2) is 11.6 Å². The van der Waals surface area contributed by atoms with Crippen LogP contribution in [0.3, 0.4) is 0 Å². The minimum absolute atomic E-state index is 0.00918. The molecule has 0 saturated heterocycles. The van der Waals surface area contributed by atoms with Crippen molar-refractivity contribution in [2.45, 2.75) is 107 Å². The topological polar surface area (TPSA) is 37.3 Å². The monoisotopic (exact) mass is 540 g/mol. The van der Waals surface area contributed by atoms with Gasteiger partial charge in [-0.1, -0.05) is 101 Å². The predicted molar refractivity (Wildman–Crippen MR) is 144 cm³/mol. The maximum atomic E-state index is 14.4. The Morgan fingerprint density at radius 3 is 2.00 bits per heavy atom. The van der Waals surface area contributed by atoms with E-state index >= 15 is 0 Å². The first-order chi connectivity index (χ1) is 17.8. The van der Waals surface area contributed by atoms with Crippen molar-refractivity contribution < 1.29 is 27.5 Å². The van der Waals surface area contributed by atoms with Gasteiger partial charge in [0.05, 0.1) is 10.5 Å². The third-order valence-corrected chi connectivity index (χ3v) is 7.81. The molecule has 3 rings (SSSR count). The Morgan fingerprint density at radius 2 is 1.46 bits per heavy atom. The lowest BCUT2D eigenvalue weighted by Crippen LogP contribution is -2.15. The Labute approximate surface area is 223 Å². The molecule has 0 radical (unpaired) electrons. The van der Waals surface area contributed by atoms with Crippen molar-refractivity contribution in [2.75, 3.05) is 0 Å². The summed E-state index contributed by atoms with van der Waals surface area (Å²) in [7, 11) is 0. The predicted octanol–water partition coefficient (Wildman–Crippen LogP) is 10.5. The van der Waals surface area contributed by atoms with Crippen LogP contribution in [0.15, 0.2) is 47.4 Å². The molecule has 1 aliphatic carbocycles. The van der Waals surface area contributed by atoms with Crippen LogP contribution in [0.4, 0.5) is 17.6 Å². The van der Waals surface area contributed by atoms with Crippen molar-refractivity contribution in [3.63, 3.8) is 0 Å². The molecule has 2 aromatic rings. The number of carbonyl (C=O) groups is 1. The SMILES string of the molecule is CCCCCCCCCC[C@H]1CC[C@H](c2ccc(SC(F)F)c(F)c2F)CC1.O=C(O)c1ccccc1. The van der Waals surface area contributed by atoms with Crippen LogP contribution in [0.1, 0.15) is 112 Å². The third kappa shape index (κ3) is 11.5. The summed E-state index contributed by atoms with van der Waals surface area (Å²) < 4.78 is 53.3. The second-order valence-corrected chi connectivity index (χ2v) is 10.8. The van der Waals surface area contributed by atoms with Crippen LogP contribution in [0.5, 0.6) is 0 Å². The number of unbranched alkanes of at least 4 members (excludes halogenated alkanes) is 7. The Balaban J connectivity index is 0.000000449. The highest BCUT2D eigenvalue weighted by Gasteiger charge is 2.26. The first kappa shape index (κ1) is 31.2. The summed E-state index contributed by atoms with van der Waals surface area (Å²) in [6, 6.07) is 11.1. The standard InChI is InChI=1S/C23H34F4S.C7H6O2/c1-2-3-4-5-6-7-8-9-10-17-11-13-18(14-12-17)19-15-16-20(28-23(26)27)22(25)21(19)24;8-7(9)6-4-2-1-3-5-6/h15-18,23H,2-14H2,1H3;1-5H,(H,8,9)/t17-,18-;. The highest BCUT2D eigenvalue weighted by Crippen LogP contribution is 2.40. The van der Waals surface area contributed by atoms with Gasteiger partial charge in [-0.3, -0.25) is 0 Å². The molecule has 0 heterocycles. The van der Waals surface area contributed by atoms with E-state index in [0.717, 1.165) is 25.7 Å². The fourth-order valence-corrected chi connectivity index (χ4v) is 5.49. The zero-order valence-corrected chi connectivity index (χ0v) is 22.6. The van der Waals surface area contributed by atoms with Gasteiger partial charge in [0.25, 0.3) is 5.76 Å². The Hall–Kier alpha value is -2.02. The molecule has 0 bridgehead atoms. The van der Waals surface area contributed by atoms with Crippen LogP contribution in [0.2, 0.25) is 0 Å². The number of aromatic carboxylic acids is 1. The van der Waals surface area contributed by atoms with Crippen molar-refractivity contribution >= 4 is 17.7 Å². The summed E-state index contributed by atoms with van der Waals surface area (Å²) in [5.74, 6) is -4.98. The van der Waals surface area contributed by atoms with Gasteiger partial charge in [-0.2, -0.15) is 8.78 Å². The maximum Gasteiger partial charge on any atom is 0.335 e. The van der Waals surface area contributed by atoms with Crippen LogP contribution in [0, 0.1) is 17.6 Å². The normalized spacial score (nSPS) is 17.4. The Kier molecular flexibility index (Phi) is 14.7. The molecule has 0 atom stereocenters. The van der Waals surface area contributed by atoms with Gasteiger partial charge in [-0.25, -0.2) is 13.6 Å². The van der Waals surface area contributed by atoms with E-state index in [2.05, 4.69) is 6.92 Å². The van der Waals surface area contributed by atoms with Gasteiger partial charge < -0.3 is 5.11 Å². The molecular weight excluding hydrogens is 500 g/mol. The molecule has 0 unspecified atom stereocenters. The van der Waals surface area contributed by atoms with Crippen molar-refractivity contribution in [3.05, 3.63) is 65.2 Å². The summed E-state index contributed by atoms with van der Waals surface area (Å²) >= 11 is 0.0649. The van der Waals surface area contributed by atoms with Gasteiger partial charge in [0.1, 0.15) is 0 Å². The molecule has 0 amide bonds. The molecule has 206 valence electrons. The number of halogens is 4. The molecule has 1 fully saturated rings. The lowest BCUT2D eigenvalue weighted by Gasteiger charge is -2.29. The largest absolute Gasteiger partial charge is 0.478 e. The van der Waals surface area contributed by atoms with Crippen molar-refractivity contribution in [2.24, 2.45) is 5.92 Å². The summed E-state index contributed by atoms with van der Waals surface area (Å²) in [4.78, 5) is 9.90. The summed E-state index contributed by atoms with van der Waals surface area (Å²) in [5, 5.41) is 8.38. The second kappa shape index (κ2) is 17.5. The number of thioether (sulfide) groups is 1. The van der Waals surface area contributed by atoms with Gasteiger partial charge in [0.2, 0.25) is 0 Å². The molecule has 1 saturated carbocycles. The molecule has 0 spiro atoms. The van der Waals surface area contributed by atoms with Gasteiger partial charge >= 0.3 is 5.97 Å². The van der Waals surface area contributed by atoms with E-state index in [1.54, 1.807) is 30.3 Å². The van der Waals surface area contributed by atoms with E-state index in [-0.39, 0.29) is 22.6 Å². The van der Waals surface area contributed by atoms with E-state index in [1.807, 2.05) is 0 Å².